The monoisotopic (exact) mass is 387 g/mol. The van der Waals surface area contributed by atoms with Crippen molar-refractivity contribution in [3.05, 3.63) is 35.9 Å². The summed E-state index contributed by atoms with van der Waals surface area (Å²) in [6.07, 6.45) is 3.79. The highest BCUT2D eigenvalue weighted by atomic mass is 127. The zero-order valence-corrected chi connectivity index (χ0v) is 15.0. The van der Waals surface area contributed by atoms with Crippen LogP contribution < -0.4 is 10.6 Å². The number of hydrogen-bond acceptors (Lipinski definition) is 1. The van der Waals surface area contributed by atoms with Gasteiger partial charge in [-0.2, -0.15) is 0 Å². The molecule has 0 amide bonds. The Morgan fingerprint density at radius 1 is 1.25 bits per heavy atom. The van der Waals surface area contributed by atoms with E-state index in [2.05, 4.69) is 59.8 Å². The SMILES string of the molecule is CN=C(NCC1(Cc2ccccc2)CC1)NC(C)C.I. The summed E-state index contributed by atoms with van der Waals surface area (Å²) >= 11 is 0. The van der Waals surface area contributed by atoms with Crippen LogP contribution in [0.5, 0.6) is 0 Å². The molecule has 1 aromatic rings. The average Bonchev–Trinajstić information content (AvgIpc) is 3.15. The Kier molecular flexibility index (Phi) is 6.79. The largest absolute Gasteiger partial charge is 0.356 e. The minimum absolute atomic E-state index is 0. The van der Waals surface area contributed by atoms with Crippen LogP contribution in [0.4, 0.5) is 0 Å². The van der Waals surface area contributed by atoms with E-state index in [1.165, 1.54) is 24.8 Å². The lowest BCUT2D eigenvalue weighted by Crippen LogP contribution is -2.43. The Labute approximate surface area is 139 Å². The highest BCUT2D eigenvalue weighted by molar-refractivity contribution is 14.0. The van der Waals surface area contributed by atoms with Gasteiger partial charge >= 0.3 is 0 Å². The second kappa shape index (κ2) is 7.86. The molecular formula is C16H26IN3. The van der Waals surface area contributed by atoms with E-state index in [-0.39, 0.29) is 24.0 Å². The molecule has 0 aliphatic heterocycles. The smallest absolute Gasteiger partial charge is 0.191 e. The molecule has 3 nitrogen and oxygen atoms in total. The van der Waals surface area contributed by atoms with Crippen molar-refractivity contribution < 1.29 is 0 Å². The van der Waals surface area contributed by atoms with Gasteiger partial charge in [-0.1, -0.05) is 30.3 Å². The molecule has 0 spiro atoms. The van der Waals surface area contributed by atoms with E-state index < -0.39 is 0 Å². The summed E-state index contributed by atoms with van der Waals surface area (Å²) in [7, 11) is 1.83. The summed E-state index contributed by atoms with van der Waals surface area (Å²) < 4.78 is 0. The van der Waals surface area contributed by atoms with Gasteiger partial charge in [-0.3, -0.25) is 4.99 Å². The minimum Gasteiger partial charge on any atom is -0.356 e. The summed E-state index contributed by atoms with van der Waals surface area (Å²) in [6, 6.07) is 11.2. The highest BCUT2D eigenvalue weighted by Gasteiger charge is 2.42. The minimum atomic E-state index is 0. The number of rotatable bonds is 5. The van der Waals surface area contributed by atoms with Crippen molar-refractivity contribution >= 4 is 29.9 Å². The normalized spacial score (nSPS) is 16.5. The van der Waals surface area contributed by atoms with Crippen LogP contribution in [0.1, 0.15) is 32.3 Å². The fourth-order valence-electron chi connectivity index (χ4n) is 2.36. The van der Waals surface area contributed by atoms with Gasteiger partial charge in [0, 0.05) is 19.6 Å². The number of nitrogens with one attached hydrogen (secondary N) is 2. The Morgan fingerprint density at radius 3 is 2.40 bits per heavy atom. The van der Waals surface area contributed by atoms with Crippen molar-refractivity contribution in [2.75, 3.05) is 13.6 Å². The number of guanidine groups is 1. The van der Waals surface area contributed by atoms with Crippen molar-refractivity contribution in [2.24, 2.45) is 10.4 Å². The number of aliphatic imine (C=N–C) groups is 1. The van der Waals surface area contributed by atoms with Gasteiger partial charge < -0.3 is 10.6 Å². The van der Waals surface area contributed by atoms with E-state index in [9.17, 15) is 0 Å². The number of hydrogen-bond donors (Lipinski definition) is 2. The molecule has 0 atom stereocenters. The van der Waals surface area contributed by atoms with Crippen LogP contribution in [-0.2, 0) is 6.42 Å². The van der Waals surface area contributed by atoms with Gasteiger partial charge in [0.05, 0.1) is 0 Å². The van der Waals surface area contributed by atoms with Crippen molar-refractivity contribution in [1.29, 1.82) is 0 Å². The first-order valence-corrected chi connectivity index (χ1v) is 7.15. The molecule has 1 fully saturated rings. The van der Waals surface area contributed by atoms with Crippen molar-refractivity contribution in [3.63, 3.8) is 0 Å². The number of benzene rings is 1. The van der Waals surface area contributed by atoms with E-state index in [1.54, 1.807) is 0 Å². The fourth-order valence-corrected chi connectivity index (χ4v) is 2.36. The predicted octanol–water partition coefficient (Wildman–Crippen LogP) is 3.20. The van der Waals surface area contributed by atoms with E-state index in [0.717, 1.165) is 12.5 Å². The Balaban J connectivity index is 0.00000200. The Hall–Kier alpha value is -0.780. The topological polar surface area (TPSA) is 36.4 Å². The van der Waals surface area contributed by atoms with E-state index >= 15 is 0 Å². The summed E-state index contributed by atoms with van der Waals surface area (Å²) in [5.74, 6) is 0.911. The molecule has 0 heterocycles. The van der Waals surface area contributed by atoms with Crippen molar-refractivity contribution in [1.82, 2.24) is 10.6 Å². The first kappa shape index (κ1) is 17.3. The zero-order chi connectivity index (χ0) is 13.7. The summed E-state index contributed by atoms with van der Waals surface area (Å²) in [5, 5.41) is 6.80. The van der Waals surface area contributed by atoms with E-state index in [1.807, 2.05) is 7.05 Å². The molecule has 2 N–H and O–H groups in total. The van der Waals surface area contributed by atoms with Crippen molar-refractivity contribution in [2.45, 2.75) is 39.2 Å². The Morgan fingerprint density at radius 2 is 1.90 bits per heavy atom. The molecule has 0 bridgehead atoms. The van der Waals surface area contributed by atoms with Crippen molar-refractivity contribution in [3.8, 4) is 0 Å². The van der Waals surface area contributed by atoms with Gasteiger partial charge in [0.2, 0.25) is 0 Å². The fraction of sp³-hybridized carbons (Fsp3) is 0.562. The maximum Gasteiger partial charge on any atom is 0.191 e. The average molecular weight is 387 g/mol. The van der Waals surface area contributed by atoms with Gasteiger partial charge in [-0.15, -0.1) is 24.0 Å². The third kappa shape index (κ3) is 5.31. The molecule has 112 valence electrons. The van der Waals surface area contributed by atoms with Gasteiger partial charge in [0.15, 0.2) is 5.96 Å². The lowest BCUT2D eigenvalue weighted by molar-refractivity contribution is 0.490. The van der Waals surface area contributed by atoms with Crippen LogP contribution in [0.2, 0.25) is 0 Å². The van der Waals surface area contributed by atoms with Crippen LogP contribution in [-0.4, -0.2) is 25.6 Å². The lowest BCUT2D eigenvalue weighted by Gasteiger charge is -2.20. The molecule has 0 aromatic heterocycles. The molecule has 4 heteroatoms. The lowest BCUT2D eigenvalue weighted by atomic mass is 9.96. The molecule has 0 unspecified atom stereocenters. The summed E-state index contributed by atoms with van der Waals surface area (Å²) in [6.45, 7) is 5.27. The molecule has 0 saturated heterocycles. The van der Waals surface area contributed by atoms with Gasteiger partial charge in [-0.05, 0) is 44.1 Å². The molecular weight excluding hydrogens is 361 g/mol. The molecule has 1 aromatic carbocycles. The standard InChI is InChI=1S/C16H25N3.HI/c1-13(2)19-15(17-3)18-12-16(9-10-16)11-14-7-5-4-6-8-14;/h4-8,13H,9-12H2,1-3H3,(H2,17,18,19);1H. The molecule has 2 rings (SSSR count). The summed E-state index contributed by atoms with van der Waals surface area (Å²) in [4.78, 5) is 4.26. The third-order valence-corrected chi connectivity index (χ3v) is 3.66. The number of halogens is 1. The van der Waals surface area contributed by atoms with Crippen LogP contribution in [0, 0.1) is 5.41 Å². The predicted molar refractivity (Wildman–Crippen MR) is 96.9 cm³/mol. The first-order chi connectivity index (χ1) is 9.13. The van der Waals surface area contributed by atoms with Gasteiger partial charge in [0.25, 0.3) is 0 Å². The van der Waals surface area contributed by atoms with E-state index in [4.69, 9.17) is 0 Å². The second-order valence-electron chi connectivity index (χ2n) is 5.89. The third-order valence-electron chi connectivity index (χ3n) is 3.66. The quantitative estimate of drug-likeness (QED) is 0.463. The van der Waals surface area contributed by atoms with Crippen LogP contribution in [0.25, 0.3) is 0 Å². The van der Waals surface area contributed by atoms with E-state index in [0.29, 0.717) is 11.5 Å². The van der Waals surface area contributed by atoms with Crippen LogP contribution >= 0.6 is 24.0 Å². The second-order valence-corrected chi connectivity index (χ2v) is 5.89. The molecule has 1 aliphatic rings. The maximum absolute atomic E-state index is 4.26. The zero-order valence-electron chi connectivity index (χ0n) is 12.6. The van der Waals surface area contributed by atoms with Gasteiger partial charge in [-0.25, -0.2) is 0 Å². The molecule has 0 radical (unpaired) electrons. The Bertz CT molecular complexity index is 425. The van der Waals surface area contributed by atoms with Gasteiger partial charge in [0.1, 0.15) is 0 Å². The van der Waals surface area contributed by atoms with Crippen LogP contribution in [0.3, 0.4) is 0 Å². The molecule has 20 heavy (non-hydrogen) atoms. The number of nitrogens with zero attached hydrogens (tertiary/aromatic N) is 1. The maximum atomic E-state index is 4.26. The van der Waals surface area contributed by atoms with Crippen LogP contribution in [0.15, 0.2) is 35.3 Å². The highest BCUT2D eigenvalue weighted by Crippen LogP contribution is 2.47. The first-order valence-electron chi connectivity index (χ1n) is 7.15. The molecule has 1 saturated carbocycles. The summed E-state index contributed by atoms with van der Waals surface area (Å²) in [5.41, 5.74) is 1.88. The molecule has 1 aliphatic carbocycles.